The van der Waals surface area contributed by atoms with E-state index < -0.39 is 103 Å². The Morgan fingerprint density at radius 1 is 0.698 bits per heavy atom. The number of hydrogen-bond acceptors (Lipinski definition) is 16. The van der Waals surface area contributed by atoms with Gasteiger partial charge in [0.05, 0.1) is 13.2 Å². The average molecular weight is 611 g/mol. The Balaban J connectivity index is 1.62. The summed E-state index contributed by atoms with van der Waals surface area (Å²) < 4.78 is 27.8. The molecule has 2 saturated heterocycles. The molecule has 43 heavy (non-hydrogen) atoms. The molecule has 4 unspecified atom stereocenters. The molecular weight excluding hydrogens is 580 g/mol. The summed E-state index contributed by atoms with van der Waals surface area (Å²) in [5.74, 6) is -2.19. The Morgan fingerprint density at radius 2 is 1.23 bits per heavy atom. The highest BCUT2D eigenvalue weighted by Gasteiger charge is 2.47. The van der Waals surface area contributed by atoms with Crippen LogP contribution in [0.2, 0.25) is 0 Å². The van der Waals surface area contributed by atoms with Gasteiger partial charge >= 0.3 is 0 Å². The Kier molecular flexibility index (Phi) is 8.77. The molecule has 3 aromatic rings. The average Bonchev–Trinajstić information content (AvgIpc) is 2.99. The van der Waals surface area contributed by atoms with Gasteiger partial charge in [-0.05, 0) is 24.3 Å². The molecule has 2 aliphatic rings. The van der Waals surface area contributed by atoms with Crippen LogP contribution in [0, 0.1) is 0 Å². The molecule has 10 N–H and O–H groups in total. The number of aromatic hydroxyl groups is 2. The second-order valence-corrected chi connectivity index (χ2v) is 10.1. The van der Waals surface area contributed by atoms with Crippen molar-refractivity contribution < 1.29 is 74.4 Å². The van der Waals surface area contributed by atoms with E-state index in [9.17, 15) is 55.9 Å². The first kappa shape index (κ1) is 30.9. The first-order chi connectivity index (χ1) is 20.4. The third kappa shape index (κ3) is 5.73. The van der Waals surface area contributed by atoms with Gasteiger partial charge in [0, 0.05) is 17.7 Å². The quantitative estimate of drug-likeness (QED) is 0.130. The van der Waals surface area contributed by atoms with Gasteiger partial charge in [0.15, 0.2) is 16.9 Å². The first-order valence-electron chi connectivity index (χ1n) is 13.0. The van der Waals surface area contributed by atoms with E-state index in [0.29, 0.717) is 5.56 Å². The smallest absolute Gasteiger partial charge is 0.229 e. The summed E-state index contributed by atoms with van der Waals surface area (Å²) in [4.78, 5) is 13.2. The highest BCUT2D eigenvalue weighted by Crippen LogP contribution is 2.45. The van der Waals surface area contributed by atoms with Gasteiger partial charge in [-0.15, -0.1) is 0 Å². The molecule has 0 radical (unpaired) electrons. The van der Waals surface area contributed by atoms with Gasteiger partial charge in [-0.1, -0.05) is 0 Å². The SMILES string of the molecule is O=c1cc(-c2ccc(O)cc2)oc2cc(O[C@@H]3OC(CO)[C@@H](O)[C@@H](O)C3O)c(O[C@@H]3OC(CO)[C@@H](O)[C@@H](O)C3O)c(O)c12. The fourth-order valence-corrected chi connectivity index (χ4v) is 4.80. The number of hydrogen-bond donors (Lipinski definition) is 10. The maximum atomic E-state index is 13.2. The van der Waals surface area contributed by atoms with E-state index in [2.05, 4.69) is 0 Å². The van der Waals surface area contributed by atoms with Crippen molar-refractivity contribution in [3.05, 3.63) is 46.6 Å². The van der Waals surface area contributed by atoms with Crippen LogP contribution in [0.4, 0.5) is 0 Å². The van der Waals surface area contributed by atoms with Gasteiger partial charge in [0.2, 0.25) is 18.3 Å². The molecule has 0 amide bonds. The van der Waals surface area contributed by atoms with E-state index in [0.717, 1.165) is 12.1 Å². The number of phenolic OH excluding ortho intramolecular Hbond substituents is 2. The van der Waals surface area contributed by atoms with E-state index in [1.54, 1.807) is 0 Å². The zero-order chi connectivity index (χ0) is 31.2. The predicted octanol–water partition coefficient (Wildman–Crippen LogP) is -2.77. The van der Waals surface area contributed by atoms with Crippen molar-refractivity contribution in [3.8, 4) is 34.3 Å². The molecule has 0 saturated carbocycles. The van der Waals surface area contributed by atoms with Crippen molar-refractivity contribution >= 4 is 11.0 Å². The molecule has 0 spiro atoms. The zero-order valence-corrected chi connectivity index (χ0v) is 22.1. The van der Waals surface area contributed by atoms with Crippen LogP contribution in [0.1, 0.15) is 0 Å². The first-order valence-corrected chi connectivity index (χ1v) is 13.0. The van der Waals surface area contributed by atoms with E-state index in [1.165, 1.54) is 24.3 Å². The Labute approximate surface area is 241 Å². The largest absolute Gasteiger partial charge is 0.508 e. The highest BCUT2D eigenvalue weighted by atomic mass is 16.7. The van der Waals surface area contributed by atoms with E-state index >= 15 is 0 Å². The predicted molar refractivity (Wildman–Crippen MR) is 140 cm³/mol. The van der Waals surface area contributed by atoms with Gasteiger partial charge in [-0.2, -0.15) is 0 Å². The third-order valence-electron chi connectivity index (χ3n) is 7.24. The maximum Gasteiger partial charge on any atom is 0.229 e. The fraction of sp³-hybridized carbons (Fsp3) is 0.444. The highest BCUT2D eigenvalue weighted by molar-refractivity contribution is 5.89. The number of aliphatic hydroxyl groups excluding tert-OH is 8. The monoisotopic (exact) mass is 610 g/mol. The molecule has 0 bridgehead atoms. The molecule has 2 fully saturated rings. The van der Waals surface area contributed by atoms with Gasteiger partial charge in [-0.25, -0.2) is 0 Å². The molecule has 234 valence electrons. The lowest BCUT2D eigenvalue weighted by molar-refractivity contribution is -0.282. The van der Waals surface area contributed by atoms with Gasteiger partial charge in [0.25, 0.3) is 0 Å². The minimum Gasteiger partial charge on any atom is -0.508 e. The fourth-order valence-electron chi connectivity index (χ4n) is 4.80. The summed E-state index contributed by atoms with van der Waals surface area (Å²) in [5.41, 5.74) is -0.692. The summed E-state index contributed by atoms with van der Waals surface area (Å²) in [6.07, 6.45) is -17.5. The van der Waals surface area contributed by atoms with Crippen molar-refractivity contribution in [2.75, 3.05) is 13.2 Å². The molecule has 2 aliphatic heterocycles. The van der Waals surface area contributed by atoms with Crippen LogP contribution < -0.4 is 14.9 Å². The lowest BCUT2D eigenvalue weighted by atomic mass is 9.99. The van der Waals surface area contributed by atoms with Crippen molar-refractivity contribution in [2.24, 2.45) is 0 Å². The minimum absolute atomic E-state index is 0.0123. The Hall–Kier alpha value is -3.55. The third-order valence-corrected chi connectivity index (χ3v) is 7.24. The zero-order valence-electron chi connectivity index (χ0n) is 22.1. The summed E-state index contributed by atoms with van der Waals surface area (Å²) in [7, 11) is 0. The van der Waals surface area contributed by atoms with Crippen molar-refractivity contribution in [2.45, 2.75) is 61.4 Å². The number of phenols is 2. The minimum atomic E-state index is -1.94. The molecule has 0 aliphatic carbocycles. The van der Waals surface area contributed by atoms with Crippen LogP contribution in [-0.4, -0.2) is 126 Å². The second kappa shape index (κ2) is 12.2. The van der Waals surface area contributed by atoms with E-state index in [1.807, 2.05) is 0 Å². The van der Waals surface area contributed by atoms with Crippen molar-refractivity contribution in [3.63, 3.8) is 0 Å². The Morgan fingerprint density at radius 3 is 1.77 bits per heavy atom. The van der Waals surface area contributed by atoms with Gasteiger partial charge in [-0.3, -0.25) is 4.79 Å². The normalized spacial score (nSPS) is 32.9. The van der Waals surface area contributed by atoms with Crippen LogP contribution in [-0.2, 0) is 9.47 Å². The standard InChI is InChI=1S/C27H30O16/c28-7-15-18(32)21(35)23(37)26(41-15)40-14-6-13-17(11(31)5-12(39-13)9-1-3-10(30)4-2-9)20(34)25(14)43-27-24(38)22(36)19(33)16(8-29)42-27/h1-6,15-16,18-19,21-24,26-30,32-38H,7-8H2/t15?,16?,18-,19-,21-,22-,23?,24?,26-,27+/m1/s1. The summed E-state index contributed by atoms with van der Waals surface area (Å²) in [5, 5.41) is 101. The number of ether oxygens (including phenoxy) is 4. The molecule has 10 atom stereocenters. The summed E-state index contributed by atoms with van der Waals surface area (Å²) in [6.45, 7) is -1.58. The maximum absolute atomic E-state index is 13.2. The van der Waals surface area contributed by atoms with Crippen LogP contribution in [0.25, 0.3) is 22.3 Å². The second-order valence-electron chi connectivity index (χ2n) is 10.1. The van der Waals surface area contributed by atoms with Crippen LogP contribution >= 0.6 is 0 Å². The number of fused-ring (bicyclic) bond motifs is 1. The molecule has 5 rings (SSSR count). The number of aliphatic hydroxyl groups is 8. The summed E-state index contributed by atoms with van der Waals surface area (Å²) in [6, 6.07) is 7.71. The lowest BCUT2D eigenvalue weighted by Crippen LogP contribution is -2.60. The van der Waals surface area contributed by atoms with Gasteiger partial charge in [0.1, 0.15) is 71.3 Å². The topological polar surface area (TPSA) is 269 Å². The van der Waals surface area contributed by atoms with Crippen LogP contribution in [0.3, 0.4) is 0 Å². The van der Waals surface area contributed by atoms with Crippen LogP contribution in [0.15, 0.2) is 45.6 Å². The molecule has 2 aromatic carbocycles. The number of rotatable bonds is 7. The van der Waals surface area contributed by atoms with Crippen LogP contribution in [0.5, 0.6) is 23.0 Å². The molecular formula is C27H30O16. The molecule has 16 heteroatoms. The van der Waals surface area contributed by atoms with Crippen molar-refractivity contribution in [1.82, 2.24) is 0 Å². The van der Waals surface area contributed by atoms with E-state index in [4.69, 9.17) is 23.4 Å². The summed E-state index contributed by atoms with van der Waals surface area (Å²) >= 11 is 0. The molecule has 3 heterocycles. The number of benzene rings is 2. The van der Waals surface area contributed by atoms with Gasteiger partial charge < -0.3 is 74.4 Å². The molecule has 16 nitrogen and oxygen atoms in total. The lowest BCUT2D eigenvalue weighted by Gasteiger charge is -2.41. The Bertz CT molecular complexity index is 1490. The van der Waals surface area contributed by atoms with E-state index in [-0.39, 0.29) is 17.1 Å². The molecule has 1 aromatic heterocycles. The van der Waals surface area contributed by atoms with Crippen molar-refractivity contribution in [1.29, 1.82) is 0 Å².